The van der Waals surface area contributed by atoms with Crippen LogP contribution >= 0.6 is 23.1 Å². The fraction of sp³-hybridized carbons (Fsp3) is 0.333. The van der Waals surface area contributed by atoms with Crippen LogP contribution < -0.4 is 0 Å². The van der Waals surface area contributed by atoms with Gasteiger partial charge in [-0.1, -0.05) is 32.9 Å². The smallest absolute Gasteiger partial charge is 0.103 e. The summed E-state index contributed by atoms with van der Waals surface area (Å²) in [5.41, 5.74) is 2.75. The molecule has 0 unspecified atom stereocenters. The first-order valence-corrected chi connectivity index (χ1v) is 7.93. The Morgan fingerprint density at radius 2 is 1.95 bits per heavy atom. The Morgan fingerprint density at radius 3 is 2.53 bits per heavy atom. The van der Waals surface area contributed by atoms with Gasteiger partial charge in [0.15, 0.2) is 0 Å². The SMILES string of the molecule is CC(C)(C)SCc1nc(-c2ccc(C#N)cc2)cs1. The maximum atomic E-state index is 8.78. The standard InChI is InChI=1S/C15H16N2S2/c1-15(2,3)19-10-14-17-13(9-18-14)12-6-4-11(8-16)5-7-12/h4-7,9H,10H2,1-3H3. The highest BCUT2D eigenvalue weighted by Crippen LogP contribution is 2.30. The molecule has 0 saturated heterocycles. The van der Waals surface area contributed by atoms with Gasteiger partial charge in [0.1, 0.15) is 5.01 Å². The second-order valence-electron chi connectivity index (χ2n) is 5.22. The highest BCUT2D eigenvalue weighted by Gasteiger charge is 2.12. The summed E-state index contributed by atoms with van der Waals surface area (Å²) in [6.07, 6.45) is 0. The molecule has 0 aliphatic rings. The van der Waals surface area contributed by atoms with Crippen molar-refractivity contribution in [2.45, 2.75) is 31.3 Å². The molecule has 0 bridgehead atoms. The van der Waals surface area contributed by atoms with E-state index in [9.17, 15) is 0 Å². The average molecular weight is 288 g/mol. The summed E-state index contributed by atoms with van der Waals surface area (Å²) in [5, 5.41) is 12.0. The fourth-order valence-electron chi connectivity index (χ4n) is 1.50. The molecule has 19 heavy (non-hydrogen) atoms. The number of aromatic nitrogens is 1. The number of hydrogen-bond acceptors (Lipinski definition) is 4. The molecule has 2 aromatic rings. The van der Waals surface area contributed by atoms with Crippen LogP contribution in [0.3, 0.4) is 0 Å². The lowest BCUT2D eigenvalue weighted by molar-refractivity contribution is 0.802. The van der Waals surface area contributed by atoms with Crippen LogP contribution in [0, 0.1) is 11.3 Å². The van der Waals surface area contributed by atoms with Gasteiger partial charge in [-0.2, -0.15) is 5.26 Å². The molecule has 0 fully saturated rings. The lowest BCUT2D eigenvalue weighted by atomic mass is 10.1. The van der Waals surface area contributed by atoms with Gasteiger partial charge in [-0.3, -0.25) is 0 Å². The molecule has 0 aliphatic carbocycles. The average Bonchev–Trinajstić information content (AvgIpc) is 2.84. The fourth-order valence-corrected chi connectivity index (χ4v) is 3.16. The molecule has 98 valence electrons. The van der Waals surface area contributed by atoms with Gasteiger partial charge < -0.3 is 0 Å². The molecule has 0 saturated carbocycles. The van der Waals surface area contributed by atoms with E-state index in [-0.39, 0.29) is 4.75 Å². The van der Waals surface area contributed by atoms with E-state index in [0.29, 0.717) is 5.56 Å². The Balaban J connectivity index is 2.10. The molecule has 0 amide bonds. The summed E-state index contributed by atoms with van der Waals surface area (Å²) >= 11 is 3.60. The van der Waals surface area contributed by atoms with E-state index in [1.54, 1.807) is 11.3 Å². The Bertz CT molecular complexity index is 586. The van der Waals surface area contributed by atoms with Gasteiger partial charge in [-0.25, -0.2) is 4.98 Å². The Morgan fingerprint density at radius 1 is 1.26 bits per heavy atom. The third kappa shape index (κ3) is 4.09. The van der Waals surface area contributed by atoms with E-state index in [0.717, 1.165) is 22.0 Å². The largest absolute Gasteiger partial charge is 0.240 e. The van der Waals surface area contributed by atoms with Gasteiger partial charge >= 0.3 is 0 Å². The summed E-state index contributed by atoms with van der Waals surface area (Å²) < 4.78 is 0.264. The second-order valence-corrected chi connectivity index (χ2v) is 7.96. The minimum absolute atomic E-state index is 0.264. The van der Waals surface area contributed by atoms with Gasteiger partial charge in [0, 0.05) is 21.4 Å². The number of thioether (sulfide) groups is 1. The zero-order chi connectivity index (χ0) is 13.9. The zero-order valence-electron chi connectivity index (χ0n) is 11.3. The highest BCUT2D eigenvalue weighted by molar-refractivity contribution is 7.99. The van der Waals surface area contributed by atoms with Crippen molar-refractivity contribution in [2.24, 2.45) is 0 Å². The van der Waals surface area contributed by atoms with E-state index in [1.807, 2.05) is 36.0 Å². The van der Waals surface area contributed by atoms with Crippen molar-refractivity contribution in [3.8, 4) is 17.3 Å². The summed E-state index contributed by atoms with van der Waals surface area (Å²) in [7, 11) is 0. The second kappa shape index (κ2) is 5.77. The summed E-state index contributed by atoms with van der Waals surface area (Å²) in [6, 6.07) is 9.70. The van der Waals surface area contributed by atoms with Gasteiger partial charge in [-0.05, 0) is 12.1 Å². The molecule has 1 heterocycles. The molecular weight excluding hydrogens is 272 g/mol. The Labute approximate surface area is 122 Å². The van der Waals surface area contributed by atoms with Crippen molar-refractivity contribution in [1.82, 2.24) is 4.98 Å². The van der Waals surface area contributed by atoms with E-state index < -0.39 is 0 Å². The van der Waals surface area contributed by atoms with Crippen LogP contribution in [-0.4, -0.2) is 9.73 Å². The predicted molar refractivity (Wildman–Crippen MR) is 83.3 cm³/mol. The molecule has 4 heteroatoms. The molecule has 0 atom stereocenters. The van der Waals surface area contributed by atoms with Gasteiger partial charge in [-0.15, -0.1) is 23.1 Å². The third-order valence-corrected chi connectivity index (χ3v) is 4.81. The van der Waals surface area contributed by atoms with Crippen molar-refractivity contribution in [3.05, 3.63) is 40.2 Å². The highest BCUT2D eigenvalue weighted by atomic mass is 32.2. The number of thiazole rings is 1. The van der Waals surface area contributed by atoms with Crippen molar-refractivity contribution >= 4 is 23.1 Å². The number of nitriles is 1. The van der Waals surface area contributed by atoms with Gasteiger partial charge in [0.05, 0.1) is 17.3 Å². The molecule has 2 nitrogen and oxygen atoms in total. The maximum absolute atomic E-state index is 8.78. The number of rotatable bonds is 3. The Kier molecular flexibility index (Phi) is 4.28. The lowest BCUT2D eigenvalue weighted by Gasteiger charge is -2.16. The minimum Gasteiger partial charge on any atom is -0.240 e. The number of benzene rings is 1. The third-order valence-electron chi connectivity index (χ3n) is 2.49. The summed E-state index contributed by atoms with van der Waals surface area (Å²) in [6.45, 7) is 6.65. The van der Waals surface area contributed by atoms with Crippen LogP contribution in [0.15, 0.2) is 29.6 Å². The molecular formula is C15H16N2S2. The molecule has 1 aromatic heterocycles. The van der Waals surface area contributed by atoms with Crippen molar-refractivity contribution in [2.75, 3.05) is 0 Å². The molecule has 2 rings (SSSR count). The quantitative estimate of drug-likeness (QED) is 0.820. The first-order valence-electron chi connectivity index (χ1n) is 6.07. The van der Waals surface area contributed by atoms with E-state index in [1.165, 1.54) is 0 Å². The molecule has 0 spiro atoms. The van der Waals surface area contributed by atoms with E-state index in [4.69, 9.17) is 5.26 Å². The van der Waals surface area contributed by atoms with Gasteiger partial charge in [0.25, 0.3) is 0 Å². The van der Waals surface area contributed by atoms with Crippen LogP contribution in [0.1, 0.15) is 31.3 Å². The van der Waals surface area contributed by atoms with Crippen LogP contribution in [0.4, 0.5) is 0 Å². The normalized spacial score (nSPS) is 11.3. The lowest BCUT2D eigenvalue weighted by Crippen LogP contribution is -2.07. The molecule has 0 N–H and O–H groups in total. The molecule has 1 aromatic carbocycles. The zero-order valence-corrected chi connectivity index (χ0v) is 12.9. The summed E-state index contributed by atoms with van der Waals surface area (Å²) in [5.74, 6) is 0.949. The van der Waals surface area contributed by atoms with Crippen molar-refractivity contribution in [1.29, 1.82) is 5.26 Å². The van der Waals surface area contributed by atoms with E-state index in [2.05, 4.69) is 37.2 Å². The van der Waals surface area contributed by atoms with Crippen LogP contribution in [0.25, 0.3) is 11.3 Å². The minimum atomic E-state index is 0.264. The maximum Gasteiger partial charge on any atom is 0.103 e. The van der Waals surface area contributed by atoms with Crippen molar-refractivity contribution in [3.63, 3.8) is 0 Å². The Hall–Kier alpha value is -1.31. The van der Waals surface area contributed by atoms with Crippen LogP contribution in [-0.2, 0) is 5.75 Å². The number of nitrogens with zero attached hydrogens (tertiary/aromatic N) is 2. The molecule has 0 aliphatic heterocycles. The predicted octanol–water partition coefficient (Wildman–Crippen LogP) is 4.71. The summed E-state index contributed by atoms with van der Waals surface area (Å²) in [4.78, 5) is 4.65. The van der Waals surface area contributed by atoms with E-state index >= 15 is 0 Å². The van der Waals surface area contributed by atoms with Crippen LogP contribution in [0.2, 0.25) is 0 Å². The first-order chi connectivity index (χ1) is 8.98. The first kappa shape index (κ1) is 14.1. The van der Waals surface area contributed by atoms with Crippen molar-refractivity contribution < 1.29 is 0 Å². The molecule has 0 radical (unpaired) electrons. The van der Waals surface area contributed by atoms with Gasteiger partial charge in [0.2, 0.25) is 0 Å². The topological polar surface area (TPSA) is 36.7 Å². The number of hydrogen-bond donors (Lipinski definition) is 0. The monoisotopic (exact) mass is 288 g/mol. The van der Waals surface area contributed by atoms with Crippen LogP contribution in [0.5, 0.6) is 0 Å².